The van der Waals surface area contributed by atoms with Crippen molar-refractivity contribution in [2.24, 2.45) is 0 Å². The van der Waals surface area contributed by atoms with Crippen LogP contribution in [0.2, 0.25) is 0 Å². The topological polar surface area (TPSA) is 12.5 Å². The molecule has 1 radical (unpaired) electrons. The van der Waals surface area contributed by atoms with Crippen LogP contribution in [-0.4, -0.2) is 31.1 Å². The fraction of sp³-hybridized carbons (Fsp3) is 0.875. The smallest absolute Gasteiger partial charge is 0.0976 e. The molecule has 1 aliphatic rings. The van der Waals surface area contributed by atoms with Gasteiger partial charge in [-0.25, -0.2) is 0 Å². The van der Waals surface area contributed by atoms with Gasteiger partial charge in [-0.1, -0.05) is 13.3 Å². The zero-order chi connectivity index (χ0) is 7.23. The monoisotopic (exact) mass is 142 g/mol. The van der Waals surface area contributed by atoms with Gasteiger partial charge < -0.3 is 4.74 Å². The van der Waals surface area contributed by atoms with Crippen LogP contribution in [-0.2, 0) is 4.74 Å². The lowest BCUT2D eigenvalue weighted by Gasteiger charge is -2.25. The third-order valence-electron chi connectivity index (χ3n) is 1.80. The zero-order valence-corrected chi connectivity index (χ0v) is 6.68. The number of unbranched alkanes of at least 4 members (excludes halogenated alkanes) is 1. The van der Waals surface area contributed by atoms with Crippen LogP contribution < -0.4 is 0 Å². The summed E-state index contributed by atoms with van der Waals surface area (Å²) in [6, 6.07) is 0. The quantitative estimate of drug-likeness (QED) is 0.588. The molecule has 0 aliphatic carbocycles. The van der Waals surface area contributed by atoms with E-state index >= 15 is 0 Å². The molecular weight excluding hydrogens is 126 g/mol. The summed E-state index contributed by atoms with van der Waals surface area (Å²) in [5.41, 5.74) is 0. The predicted molar refractivity (Wildman–Crippen MR) is 41.6 cm³/mol. The lowest BCUT2D eigenvalue weighted by Crippen LogP contribution is -2.34. The maximum absolute atomic E-state index is 5.11. The van der Waals surface area contributed by atoms with E-state index in [4.69, 9.17) is 4.74 Å². The standard InChI is InChI=1S/C8H16NO/c1-2-3-4-9-5-7-10-8-6-9/h7H,2-6,8H2,1H3. The van der Waals surface area contributed by atoms with Crippen LogP contribution >= 0.6 is 0 Å². The number of morpholine rings is 1. The fourth-order valence-electron chi connectivity index (χ4n) is 1.10. The zero-order valence-electron chi connectivity index (χ0n) is 6.68. The molecule has 0 aromatic rings. The lowest BCUT2D eigenvalue weighted by molar-refractivity contribution is 0.0845. The Balaban J connectivity index is 2.02. The van der Waals surface area contributed by atoms with Crippen molar-refractivity contribution in [3.05, 3.63) is 6.61 Å². The molecule has 0 aromatic carbocycles. The Labute approximate surface area is 63.2 Å². The van der Waals surface area contributed by atoms with Crippen LogP contribution in [0.15, 0.2) is 0 Å². The molecule has 0 atom stereocenters. The van der Waals surface area contributed by atoms with Crippen molar-refractivity contribution in [2.75, 3.05) is 26.2 Å². The summed E-state index contributed by atoms with van der Waals surface area (Å²) in [6.07, 6.45) is 2.60. The maximum atomic E-state index is 5.11. The van der Waals surface area contributed by atoms with Crippen molar-refractivity contribution in [1.82, 2.24) is 4.90 Å². The molecule has 10 heavy (non-hydrogen) atoms. The molecule has 1 rings (SSSR count). The van der Waals surface area contributed by atoms with Gasteiger partial charge in [0.05, 0.1) is 13.2 Å². The third-order valence-corrected chi connectivity index (χ3v) is 1.80. The van der Waals surface area contributed by atoms with Crippen molar-refractivity contribution >= 4 is 0 Å². The van der Waals surface area contributed by atoms with Crippen molar-refractivity contribution in [3.63, 3.8) is 0 Å². The van der Waals surface area contributed by atoms with Crippen molar-refractivity contribution in [1.29, 1.82) is 0 Å². The van der Waals surface area contributed by atoms with Gasteiger partial charge in [0.25, 0.3) is 0 Å². The van der Waals surface area contributed by atoms with E-state index in [9.17, 15) is 0 Å². The highest BCUT2D eigenvalue weighted by Crippen LogP contribution is 2.01. The molecule has 59 valence electrons. The molecule has 1 aliphatic heterocycles. The number of rotatable bonds is 3. The average Bonchev–Trinajstić information content (AvgIpc) is 2.03. The highest BCUT2D eigenvalue weighted by molar-refractivity contribution is 4.67. The van der Waals surface area contributed by atoms with Gasteiger partial charge in [0.15, 0.2) is 0 Å². The average molecular weight is 142 g/mol. The Morgan fingerprint density at radius 3 is 3.10 bits per heavy atom. The van der Waals surface area contributed by atoms with Gasteiger partial charge >= 0.3 is 0 Å². The minimum Gasteiger partial charge on any atom is -0.373 e. The normalized spacial score (nSPS) is 21.3. The van der Waals surface area contributed by atoms with Gasteiger partial charge in [-0.3, -0.25) is 4.90 Å². The molecule has 0 saturated carbocycles. The number of ether oxygens (including phenoxy) is 1. The third kappa shape index (κ3) is 2.67. The van der Waals surface area contributed by atoms with Gasteiger partial charge in [0, 0.05) is 13.1 Å². The van der Waals surface area contributed by atoms with Crippen molar-refractivity contribution in [3.8, 4) is 0 Å². The first-order valence-electron chi connectivity index (χ1n) is 4.09. The van der Waals surface area contributed by atoms with E-state index in [1.165, 1.54) is 19.4 Å². The van der Waals surface area contributed by atoms with Crippen LogP contribution in [0.5, 0.6) is 0 Å². The van der Waals surface area contributed by atoms with Crippen LogP contribution in [0.4, 0.5) is 0 Å². The maximum Gasteiger partial charge on any atom is 0.0976 e. The molecule has 0 unspecified atom stereocenters. The van der Waals surface area contributed by atoms with E-state index in [1.807, 2.05) is 6.61 Å². The molecule has 2 heteroatoms. The van der Waals surface area contributed by atoms with Crippen LogP contribution in [0, 0.1) is 6.61 Å². The molecular formula is C8H16NO. The van der Waals surface area contributed by atoms with E-state index in [0.717, 1.165) is 19.7 Å². The SMILES string of the molecule is CCCCN1C[CH]OCC1. The van der Waals surface area contributed by atoms with Crippen LogP contribution in [0.25, 0.3) is 0 Å². The number of nitrogens with zero attached hydrogens (tertiary/aromatic N) is 1. The molecule has 2 nitrogen and oxygen atoms in total. The molecule has 0 bridgehead atoms. The number of hydrogen-bond acceptors (Lipinski definition) is 2. The summed E-state index contributed by atoms with van der Waals surface area (Å²) < 4.78 is 5.11. The number of hydrogen-bond donors (Lipinski definition) is 0. The summed E-state index contributed by atoms with van der Waals surface area (Å²) in [5, 5.41) is 0. The Hall–Kier alpha value is -0.0800. The van der Waals surface area contributed by atoms with Crippen molar-refractivity contribution in [2.45, 2.75) is 19.8 Å². The van der Waals surface area contributed by atoms with E-state index in [2.05, 4.69) is 11.8 Å². The summed E-state index contributed by atoms with van der Waals surface area (Å²) in [4.78, 5) is 2.42. The second kappa shape index (κ2) is 4.69. The first-order chi connectivity index (χ1) is 4.93. The minimum absolute atomic E-state index is 0.879. The Morgan fingerprint density at radius 2 is 2.50 bits per heavy atom. The molecule has 0 N–H and O–H groups in total. The minimum atomic E-state index is 0.879. The molecule has 1 fully saturated rings. The second-order valence-electron chi connectivity index (χ2n) is 2.69. The van der Waals surface area contributed by atoms with Gasteiger partial charge in [0.1, 0.15) is 0 Å². The van der Waals surface area contributed by atoms with Crippen LogP contribution in [0.1, 0.15) is 19.8 Å². The summed E-state index contributed by atoms with van der Waals surface area (Å²) in [7, 11) is 0. The van der Waals surface area contributed by atoms with Gasteiger partial charge in [-0.05, 0) is 13.0 Å². The highest BCUT2D eigenvalue weighted by Gasteiger charge is 2.08. The van der Waals surface area contributed by atoms with E-state index < -0.39 is 0 Å². The lowest BCUT2D eigenvalue weighted by atomic mass is 10.3. The van der Waals surface area contributed by atoms with Crippen molar-refractivity contribution < 1.29 is 4.74 Å². The summed E-state index contributed by atoms with van der Waals surface area (Å²) in [5.74, 6) is 0. The van der Waals surface area contributed by atoms with Gasteiger partial charge in [-0.15, -0.1) is 0 Å². The van der Waals surface area contributed by atoms with E-state index in [0.29, 0.717) is 0 Å². The molecule has 1 saturated heterocycles. The molecule has 0 aromatic heterocycles. The van der Waals surface area contributed by atoms with E-state index in [1.54, 1.807) is 0 Å². The molecule has 1 heterocycles. The van der Waals surface area contributed by atoms with Crippen LogP contribution in [0.3, 0.4) is 0 Å². The predicted octanol–water partition coefficient (Wildman–Crippen LogP) is 1.28. The Morgan fingerprint density at radius 1 is 1.60 bits per heavy atom. The fourth-order valence-corrected chi connectivity index (χ4v) is 1.10. The first kappa shape index (κ1) is 8.02. The second-order valence-corrected chi connectivity index (χ2v) is 2.69. The first-order valence-corrected chi connectivity index (χ1v) is 4.09. The molecule has 0 spiro atoms. The summed E-state index contributed by atoms with van der Waals surface area (Å²) >= 11 is 0. The Bertz CT molecular complexity index is 79.3. The largest absolute Gasteiger partial charge is 0.373 e. The van der Waals surface area contributed by atoms with E-state index in [-0.39, 0.29) is 0 Å². The van der Waals surface area contributed by atoms with Gasteiger partial charge in [-0.2, -0.15) is 0 Å². The molecule has 0 amide bonds. The van der Waals surface area contributed by atoms with Gasteiger partial charge in [0.2, 0.25) is 0 Å². The Kier molecular flexibility index (Phi) is 3.76. The summed E-state index contributed by atoms with van der Waals surface area (Å²) in [6.45, 7) is 8.36. The highest BCUT2D eigenvalue weighted by atomic mass is 16.5.